The van der Waals surface area contributed by atoms with Gasteiger partial charge in [0.25, 0.3) is 0 Å². The summed E-state index contributed by atoms with van der Waals surface area (Å²) >= 11 is 0. The van der Waals surface area contributed by atoms with E-state index in [2.05, 4.69) is 24.0 Å². The summed E-state index contributed by atoms with van der Waals surface area (Å²) in [7, 11) is 0. The molecule has 1 aliphatic heterocycles. The lowest BCUT2D eigenvalue weighted by Crippen LogP contribution is -2.28. The minimum Gasteiger partial charge on any atom is -0.393 e. The summed E-state index contributed by atoms with van der Waals surface area (Å²) in [5.74, 6) is 6.60. The average Bonchev–Trinajstić information content (AvgIpc) is 3.02. The van der Waals surface area contributed by atoms with E-state index >= 15 is 0 Å². The smallest absolute Gasteiger partial charge is 0.159 e. The van der Waals surface area contributed by atoms with Crippen molar-refractivity contribution in [3.05, 3.63) is 35.9 Å². The highest BCUT2D eigenvalue weighted by Crippen LogP contribution is 2.33. The second-order valence-corrected chi connectivity index (χ2v) is 7.22. The number of carbonyl (C=O) groups is 1. The van der Waals surface area contributed by atoms with Gasteiger partial charge in [0.05, 0.1) is 6.10 Å². The predicted molar refractivity (Wildman–Crippen MR) is 99.3 cm³/mol. The fourth-order valence-corrected chi connectivity index (χ4v) is 3.82. The summed E-state index contributed by atoms with van der Waals surface area (Å²) in [5.41, 5.74) is 1.18. The minimum atomic E-state index is -0.422. The van der Waals surface area contributed by atoms with Crippen LogP contribution >= 0.6 is 0 Å². The van der Waals surface area contributed by atoms with Crippen molar-refractivity contribution in [2.45, 2.75) is 63.4 Å². The molecule has 0 bridgehead atoms. The zero-order chi connectivity index (χ0) is 18.2. The van der Waals surface area contributed by atoms with E-state index in [1.807, 2.05) is 18.2 Å². The van der Waals surface area contributed by atoms with Gasteiger partial charge in [0, 0.05) is 31.3 Å². The fourth-order valence-electron chi connectivity index (χ4n) is 3.82. The third kappa shape index (κ3) is 5.41. The first-order valence-corrected chi connectivity index (χ1v) is 9.70. The highest BCUT2D eigenvalue weighted by molar-refractivity contribution is 5.50. The van der Waals surface area contributed by atoms with Gasteiger partial charge < -0.3 is 19.4 Å². The van der Waals surface area contributed by atoms with Crippen LogP contribution in [0.2, 0.25) is 0 Å². The summed E-state index contributed by atoms with van der Waals surface area (Å²) in [6.07, 6.45) is 5.78. The largest absolute Gasteiger partial charge is 0.393 e. The van der Waals surface area contributed by atoms with Gasteiger partial charge in [-0.25, -0.2) is 0 Å². The lowest BCUT2D eigenvalue weighted by atomic mass is 9.92. The normalized spacial score (nSPS) is 29.6. The Morgan fingerprint density at radius 3 is 2.81 bits per heavy atom. The summed E-state index contributed by atoms with van der Waals surface area (Å²) in [6.45, 7) is 0.742. The quantitative estimate of drug-likeness (QED) is 0.628. The molecule has 4 nitrogen and oxygen atoms in total. The van der Waals surface area contributed by atoms with E-state index < -0.39 is 6.10 Å². The first kappa shape index (κ1) is 19.1. The topological polar surface area (TPSA) is 55.8 Å². The molecule has 4 heteroatoms. The molecule has 3 rings (SSSR count). The van der Waals surface area contributed by atoms with Gasteiger partial charge in [0.15, 0.2) is 6.29 Å². The molecule has 0 amide bonds. The molecule has 140 valence electrons. The second kappa shape index (κ2) is 9.87. The van der Waals surface area contributed by atoms with Crippen LogP contribution in [-0.2, 0) is 20.7 Å². The van der Waals surface area contributed by atoms with E-state index in [1.165, 1.54) is 5.56 Å². The van der Waals surface area contributed by atoms with Crippen LogP contribution in [0, 0.1) is 23.7 Å². The van der Waals surface area contributed by atoms with Gasteiger partial charge in [-0.05, 0) is 37.7 Å². The Bertz CT molecular complexity index is 612. The molecule has 0 spiro atoms. The van der Waals surface area contributed by atoms with E-state index in [9.17, 15) is 9.90 Å². The molecule has 2 fully saturated rings. The molecule has 1 saturated heterocycles. The molecule has 1 saturated carbocycles. The van der Waals surface area contributed by atoms with Crippen LogP contribution in [0.25, 0.3) is 0 Å². The zero-order valence-electron chi connectivity index (χ0n) is 15.2. The molecule has 2 aliphatic rings. The molecule has 1 aliphatic carbocycles. The molecule has 0 aromatic heterocycles. The first-order valence-electron chi connectivity index (χ1n) is 9.70. The minimum absolute atomic E-state index is 0.0525. The van der Waals surface area contributed by atoms with E-state index in [4.69, 9.17) is 9.47 Å². The van der Waals surface area contributed by atoms with Crippen molar-refractivity contribution in [2.75, 3.05) is 6.61 Å². The number of ether oxygens (including phenoxy) is 2. The first-order chi connectivity index (χ1) is 12.8. The number of aliphatic hydroxyl groups excluding tert-OH is 1. The molecular weight excluding hydrogens is 328 g/mol. The summed E-state index contributed by atoms with van der Waals surface area (Å²) < 4.78 is 11.9. The third-order valence-corrected chi connectivity index (χ3v) is 5.30. The molecular formula is C22H28O4. The van der Waals surface area contributed by atoms with Crippen LogP contribution in [0.1, 0.15) is 44.1 Å². The number of carbonyl (C=O) groups excluding carboxylic acids is 1. The Balaban J connectivity index is 1.69. The van der Waals surface area contributed by atoms with Crippen molar-refractivity contribution in [2.24, 2.45) is 11.8 Å². The summed E-state index contributed by atoms with van der Waals surface area (Å²) in [4.78, 5) is 10.9. The Morgan fingerprint density at radius 2 is 2.08 bits per heavy atom. The van der Waals surface area contributed by atoms with Crippen LogP contribution in [0.15, 0.2) is 30.3 Å². The van der Waals surface area contributed by atoms with Crippen LogP contribution in [0.5, 0.6) is 0 Å². The molecule has 3 unspecified atom stereocenters. The molecule has 0 radical (unpaired) electrons. The van der Waals surface area contributed by atoms with Gasteiger partial charge in [-0.3, -0.25) is 0 Å². The monoisotopic (exact) mass is 356 g/mol. The van der Waals surface area contributed by atoms with Crippen LogP contribution in [0.4, 0.5) is 0 Å². The average molecular weight is 356 g/mol. The van der Waals surface area contributed by atoms with Gasteiger partial charge in [0.2, 0.25) is 0 Å². The van der Waals surface area contributed by atoms with Crippen molar-refractivity contribution >= 4 is 6.29 Å². The zero-order valence-corrected chi connectivity index (χ0v) is 15.2. The van der Waals surface area contributed by atoms with E-state index in [0.29, 0.717) is 19.3 Å². The van der Waals surface area contributed by atoms with E-state index in [0.717, 1.165) is 38.6 Å². The number of aliphatic hydroxyl groups is 1. The van der Waals surface area contributed by atoms with E-state index in [1.54, 1.807) is 0 Å². The van der Waals surface area contributed by atoms with Gasteiger partial charge in [0.1, 0.15) is 12.4 Å². The van der Waals surface area contributed by atoms with Crippen molar-refractivity contribution < 1.29 is 19.4 Å². The molecule has 1 aromatic rings. The molecule has 1 N–H and O–H groups in total. The van der Waals surface area contributed by atoms with Crippen molar-refractivity contribution in [1.29, 1.82) is 0 Å². The highest BCUT2D eigenvalue weighted by Gasteiger charge is 2.33. The van der Waals surface area contributed by atoms with Crippen molar-refractivity contribution in [3.63, 3.8) is 0 Å². The maximum absolute atomic E-state index is 10.9. The van der Waals surface area contributed by atoms with Crippen LogP contribution in [-0.4, -0.2) is 36.5 Å². The maximum atomic E-state index is 10.9. The molecule has 26 heavy (non-hydrogen) atoms. The van der Waals surface area contributed by atoms with Gasteiger partial charge in [-0.15, -0.1) is 0 Å². The standard InChI is InChI=1S/C22H28O4/c23-14-13-20-18(10-12-21(20)24)9-11-19(16-17-6-2-1-3-7-17)26-22-8-4-5-15-25-22/h1-3,6-7,14,18-22,24H,4-5,8,10,12-13,15-16H2/t18-,19?,20+,21?,22?/m1/s1. The number of rotatable bonds is 6. The number of hydrogen-bond donors (Lipinski definition) is 1. The van der Waals surface area contributed by atoms with Gasteiger partial charge >= 0.3 is 0 Å². The van der Waals surface area contributed by atoms with Gasteiger partial charge in [-0.1, -0.05) is 42.2 Å². The second-order valence-electron chi connectivity index (χ2n) is 7.22. The Kier molecular flexibility index (Phi) is 7.25. The summed E-state index contributed by atoms with van der Waals surface area (Å²) in [5, 5.41) is 10.1. The number of benzene rings is 1. The van der Waals surface area contributed by atoms with Crippen LogP contribution < -0.4 is 0 Å². The van der Waals surface area contributed by atoms with E-state index in [-0.39, 0.29) is 24.2 Å². The Morgan fingerprint density at radius 1 is 1.23 bits per heavy atom. The Labute approximate surface area is 155 Å². The number of aldehydes is 1. The number of hydrogen-bond acceptors (Lipinski definition) is 4. The van der Waals surface area contributed by atoms with Crippen molar-refractivity contribution in [1.82, 2.24) is 0 Å². The SMILES string of the molecule is O=CC[C@@H]1C(O)CC[C@H]1C#CC(Cc1ccccc1)OC1CCCCO1. The highest BCUT2D eigenvalue weighted by atomic mass is 16.7. The lowest BCUT2D eigenvalue weighted by molar-refractivity contribution is -0.176. The lowest BCUT2D eigenvalue weighted by Gasteiger charge is -2.26. The van der Waals surface area contributed by atoms with Crippen molar-refractivity contribution in [3.8, 4) is 11.8 Å². The molecule has 5 atom stereocenters. The van der Waals surface area contributed by atoms with Crippen LogP contribution in [0.3, 0.4) is 0 Å². The van der Waals surface area contributed by atoms with Gasteiger partial charge in [-0.2, -0.15) is 0 Å². The summed E-state index contributed by atoms with van der Waals surface area (Å²) in [6, 6.07) is 10.2. The molecule has 1 aromatic carbocycles. The maximum Gasteiger partial charge on any atom is 0.159 e. The third-order valence-electron chi connectivity index (χ3n) is 5.30. The fraction of sp³-hybridized carbons (Fsp3) is 0.591. The Hall–Kier alpha value is -1.67. The predicted octanol–water partition coefficient (Wildman–Crippen LogP) is 3.12. The molecule has 1 heterocycles.